The van der Waals surface area contributed by atoms with Gasteiger partial charge in [-0.15, -0.1) is 0 Å². The van der Waals surface area contributed by atoms with E-state index in [-0.39, 0.29) is 24.0 Å². The van der Waals surface area contributed by atoms with E-state index in [1.165, 1.54) is 0 Å². The minimum atomic E-state index is -0.248. The molecule has 1 aliphatic rings. The molecule has 1 unspecified atom stereocenters. The number of pyridine rings is 1. The number of aliphatic hydroxyl groups excluding tert-OH is 1. The summed E-state index contributed by atoms with van der Waals surface area (Å²) in [5, 5.41) is 13.1. The molecule has 1 aliphatic carbocycles. The van der Waals surface area contributed by atoms with Crippen molar-refractivity contribution in [1.82, 2.24) is 15.3 Å². The van der Waals surface area contributed by atoms with E-state index in [9.17, 15) is 9.90 Å². The summed E-state index contributed by atoms with van der Waals surface area (Å²) in [6.07, 6.45) is 7.00. The highest BCUT2D eigenvalue weighted by Crippen LogP contribution is 2.31. The Hall–Kier alpha value is -1.85. The second kappa shape index (κ2) is 6.50. The van der Waals surface area contributed by atoms with Gasteiger partial charge in [-0.2, -0.15) is 0 Å². The van der Waals surface area contributed by atoms with E-state index in [2.05, 4.69) is 15.3 Å². The van der Waals surface area contributed by atoms with Gasteiger partial charge < -0.3 is 15.4 Å². The molecule has 0 bridgehead atoms. The van der Waals surface area contributed by atoms with E-state index >= 15 is 0 Å². The van der Waals surface area contributed by atoms with Gasteiger partial charge >= 0.3 is 0 Å². The number of halogens is 1. The molecule has 3 rings (SSSR count). The quantitative estimate of drug-likeness (QED) is 0.790. The Balaban J connectivity index is 1.69. The number of carbonyl (C=O) groups excluding carboxylic acids is 1. The Labute approximate surface area is 133 Å². The molecule has 1 atom stereocenters. The second-order valence-corrected chi connectivity index (χ2v) is 6.19. The fourth-order valence-electron chi connectivity index (χ4n) is 2.81. The van der Waals surface area contributed by atoms with Gasteiger partial charge in [0.05, 0.1) is 11.1 Å². The Morgan fingerprint density at radius 3 is 2.77 bits per heavy atom. The lowest BCUT2D eigenvalue weighted by Gasteiger charge is -2.38. The van der Waals surface area contributed by atoms with Crippen molar-refractivity contribution in [1.29, 1.82) is 0 Å². The van der Waals surface area contributed by atoms with Gasteiger partial charge in [-0.3, -0.25) is 9.78 Å². The molecule has 1 amide bonds. The van der Waals surface area contributed by atoms with Crippen molar-refractivity contribution < 1.29 is 9.90 Å². The van der Waals surface area contributed by atoms with E-state index in [0.29, 0.717) is 10.7 Å². The zero-order chi connectivity index (χ0) is 15.5. The van der Waals surface area contributed by atoms with Crippen LogP contribution in [0.15, 0.2) is 36.8 Å². The van der Waals surface area contributed by atoms with Crippen molar-refractivity contribution >= 4 is 17.5 Å². The highest BCUT2D eigenvalue weighted by atomic mass is 35.5. The van der Waals surface area contributed by atoms with E-state index in [1.807, 2.05) is 12.1 Å². The van der Waals surface area contributed by atoms with Gasteiger partial charge in [0.25, 0.3) is 5.91 Å². The lowest BCUT2D eigenvalue weighted by Crippen LogP contribution is -2.48. The van der Waals surface area contributed by atoms with Crippen LogP contribution < -0.4 is 5.32 Å². The fraction of sp³-hybridized carbons (Fsp3) is 0.375. The average molecular weight is 320 g/mol. The van der Waals surface area contributed by atoms with E-state index in [0.717, 1.165) is 24.8 Å². The van der Waals surface area contributed by atoms with Gasteiger partial charge in [-0.1, -0.05) is 11.6 Å². The Morgan fingerprint density at radius 1 is 1.45 bits per heavy atom. The Morgan fingerprint density at radius 2 is 2.18 bits per heavy atom. The van der Waals surface area contributed by atoms with E-state index in [1.54, 1.807) is 24.7 Å². The third kappa shape index (κ3) is 3.48. The molecule has 0 saturated heterocycles. The predicted molar refractivity (Wildman–Crippen MR) is 83.7 cm³/mol. The molecule has 116 valence electrons. The molecule has 0 spiro atoms. The number of aromatic amines is 1. The average Bonchev–Trinajstić information content (AvgIpc) is 2.91. The lowest BCUT2D eigenvalue weighted by atomic mass is 9.75. The van der Waals surface area contributed by atoms with E-state index in [4.69, 9.17) is 11.6 Å². The highest BCUT2D eigenvalue weighted by molar-refractivity contribution is 6.30. The molecular weight excluding hydrogens is 302 g/mol. The molecule has 0 aliphatic heterocycles. The first-order valence-electron chi connectivity index (χ1n) is 7.33. The fourth-order valence-corrected chi connectivity index (χ4v) is 2.98. The molecule has 2 heterocycles. The summed E-state index contributed by atoms with van der Waals surface area (Å²) in [4.78, 5) is 19.2. The number of aromatic nitrogens is 2. The van der Waals surface area contributed by atoms with Gasteiger partial charge in [0.15, 0.2) is 0 Å². The SMILES string of the molecule is O=C(NC(Cc1ccncc1)C1CC(O)C1)c1cc(Cl)c[nH]1. The van der Waals surface area contributed by atoms with Crippen molar-refractivity contribution in [2.45, 2.75) is 31.4 Å². The van der Waals surface area contributed by atoms with Gasteiger partial charge in [0.1, 0.15) is 5.69 Å². The van der Waals surface area contributed by atoms with Crippen LogP contribution in [0.5, 0.6) is 0 Å². The van der Waals surface area contributed by atoms with Crippen LogP contribution in [0.3, 0.4) is 0 Å². The predicted octanol–water partition coefficient (Wildman–Crippen LogP) is 2.18. The van der Waals surface area contributed by atoms with Crippen LogP contribution in [0.1, 0.15) is 28.9 Å². The maximum Gasteiger partial charge on any atom is 0.267 e. The van der Waals surface area contributed by atoms with Gasteiger partial charge in [0.2, 0.25) is 0 Å². The first kappa shape index (κ1) is 15.1. The molecule has 3 N–H and O–H groups in total. The molecular formula is C16H18ClN3O2. The number of H-pyrrole nitrogens is 1. The summed E-state index contributed by atoms with van der Waals surface area (Å²) < 4.78 is 0. The molecule has 1 saturated carbocycles. The third-order valence-electron chi connectivity index (χ3n) is 4.13. The minimum absolute atomic E-state index is 0.0135. The normalized spacial score (nSPS) is 21.9. The number of aliphatic hydroxyl groups is 1. The summed E-state index contributed by atoms with van der Waals surface area (Å²) >= 11 is 5.84. The molecule has 5 nitrogen and oxygen atoms in total. The number of hydrogen-bond donors (Lipinski definition) is 3. The number of nitrogens with zero attached hydrogens (tertiary/aromatic N) is 1. The van der Waals surface area contributed by atoms with Crippen LogP contribution >= 0.6 is 11.6 Å². The summed E-state index contributed by atoms with van der Waals surface area (Å²) in [7, 11) is 0. The second-order valence-electron chi connectivity index (χ2n) is 5.76. The monoisotopic (exact) mass is 319 g/mol. The molecule has 6 heteroatoms. The van der Waals surface area contributed by atoms with Crippen molar-refractivity contribution in [3.05, 3.63) is 53.1 Å². The molecule has 2 aromatic heterocycles. The van der Waals surface area contributed by atoms with Gasteiger partial charge in [-0.25, -0.2) is 0 Å². The van der Waals surface area contributed by atoms with Crippen LogP contribution in [0.25, 0.3) is 0 Å². The van der Waals surface area contributed by atoms with Crippen molar-refractivity contribution in [2.75, 3.05) is 0 Å². The number of carbonyl (C=O) groups is 1. The zero-order valence-electron chi connectivity index (χ0n) is 12.0. The highest BCUT2D eigenvalue weighted by Gasteiger charge is 2.35. The van der Waals surface area contributed by atoms with Crippen molar-refractivity contribution in [2.24, 2.45) is 5.92 Å². The molecule has 22 heavy (non-hydrogen) atoms. The Kier molecular flexibility index (Phi) is 4.45. The van der Waals surface area contributed by atoms with Crippen molar-refractivity contribution in [3.63, 3.8) is 0 Å². The van der Waals surface area contributed by atoms with Gasteiger partial charge in [0, 0.05) is 24.6 Å². The summed E-state index contributed by atoms with van der Waals surface area (Å²) in [6, 6.07) is 5.48. The van der Waals surface area contributed by atoms with E-state index < -0.39 is 0 Å². The number of amides is 1. The topological polar surface area (TPSA) is 78.0 Å². The number of nitrogens with one attached hydrogen (secondary N) is 2. The maximum atomic E-state index is 12.3. The summed E-state index contributed by atoms with van der Waals surface area (Å²) in [6.45, 7) is 0. The Bertz CT molecular complexity index is 638. The van der Waals surface area contributed by atoms with Crippen LogP contribution in [-0.4, -0.2) is 33.1 Å². The molecule has 0 radical (unpaired) electrons. The first-order chi connectivity index (χ1) is 10.6. The zero-order valence-corrected chi connectivity index (χ0v) is 12.8. The van der Waals surface area contributed by atoms with Gasteiger partial charge in [-0.05, 0) is 48.9 Å². The van der Waals surface area contributed by atoms with Crippen LogP contribution in [0.2, 0.25) is 5.02 Å². The standard InChI is InChI=1S/C16H18ClN3O2/c17-12-8-15(19-9-12)16(22)20-14(11-6-13(21)7-11)5-10-1-3-18-4-2-10/h1-4,8-9,11,13-14,19,21H,5-7H2,(H,20,22). The minimum Gasteiger partial charge on any atom is -0.393 e. The first-order valence-corrected chi connectivity index (χ1v) is 7.71. The molecule has 0 aromatic carbocycles. The lowest BCUT2D eigenvalue weighted by molar-refractivity contribution is 0.0239. The number of rotatable bonds is 5. The number of hydrogen-bond acceptors (Lipinski definition) is 3. The smallest absolute Gasteiger partial charge is 0.267 e. The van der Waals surface area contributed by atoms with Crippen LogP contribution in [0, 0.1) is 5.92 Å². The van der Waals surface area contributed by atoms with Crippen molar-refractivity contribution in [3.8, 4) is 0 Å². The molecule has 2 aromatic rings. The molecule has 1 fully saturated rings. The summed E-state index contributed by atoms with van der Waals surface area (Å²) in [5.74, 6) is 0.116. The third-order valence-corrected chi connectivity index (χ3v) is 4.35. The summed E-state index contributed by atoms with van der Waals surface area (Å²) in [5.41, 5.74) is 1.57. The maximum absolute atomic E-state index is 12.3. The van der Waals surface area contributed by atoms with Crippen LogP contribution in [-0.2, 0) is 6.42 Å². The van der Waals surface area contributed by atoms with Crippen LogP contribution in [0.4, 0.5) is 0 Å². The largest absolute Gasteiger partial charge is 0.393 e.